The number of rotatable bonds is 7. The lowest BCUT2D eigenvalue weighted by Gasteiger charge is -2.05. The molecule has 0 heterocycles. The molecule has 0 aromatic rings. The van der Waals surface area contributed by atoms with Gasteiger partial charge in [-0.25, -0.2) is 4.79 Å². The van der Waals surface area contributed by atoms with Crippen LogP contribution in [0.3, 0.4) is 0 Å². The monoisotopic (exact) mass is 346 g/mol. The third kappa shape index (κ3) is 13.5. The quantitative estimate of drug-likeness (QED) is 0.432. The highest BCUT2D eigenvalue weighted by molar-refractivity contribution is 9.10. The van der Waals surface area contributed by atoms with Gasteiger partial charge in [0, 0.05) is 15.9 Å². The van der Waals surface area contributed by atoms with Crippen LogP contribution in [-0.4, -0.2) is 28.5 Å². The van der Waals surface area contributed by atoms with Crippen molar-refractivity contribution in [3.05, 3.63) is 0 Å². The van der Waals surface area contributed by atoms with E-state index >= 15 is 0 Å². The van der Waals surface area contributed by atoms with E-state index in [4.69, 9.17) is 5.11 Å². The molecular weight excluding hydrogens is 326 g/mol. The SMILES string of the molecule is CCCCCC(C)C(=O)O.CCOC(=O)C(F)(F)Br. The Kier molecular flexibility index (Phi) is 12.1. The molecule has 0 rings (SSSR count). The Morgan fingerprint density at radius 1 is 1.32 bits per heavy atom. The molecule has 0 fully saturated rings. The highest BCUT2D eigenvalue weighted by atomic mass is 79.9. The van der Waals surface area contributed by atoms with Gasteiger partial charge in [0.1, 0.15) is 0 Å². The van der Waals surface area contributed by atoms with Crippen molar-refractivity contribution in [1.29, 1.82) is 0 Å². The first-order valence-electron chi connectivity index (χ1n) is 6.13. The number of hydrogen-bond donors (Lipinski definition) is 1. The number of ether oxygens (including phenoxy) is 1. The topological polar surface area (TPSA) is 63.6 Å². The fraction of sp³-hybridized carbons (Fsp3) is 0.833. The molecule has 0 bridgehead atoms. The fourth-order valence-corrected chi connectivity index (χ4v) is 1.15. The largest absolute Gasteiger partial charge is 0.481 e. The summed E-state index contributed by atoms with van der Waals surface area (Å²) in [6.45, 7) is 5.29. The molecule has 114 valence electrons. The third-order valence-electron chi connectivity index (χ3n) is 2.17. The van der Waals surface area contributed by atoms with Gasteiger partial charge < -0.3 is 9.84 Å². The maximum atomic E-state index is 11.7. The van der Waals surface area contributed by atoms with E-state index in [9.17, 15) is 18.4 Å². The van der Waals surface area contributed by atoms with Crippen molar-refractivity contribution in [3.63, 3.8) is 0 Å². The summed E-state index contributed by atoms with van der Waals surface area (Å²) in [5, 5.41) is 8.48. The molecule has 0 aliphatic heterocycles. The van der Waals surface area contributed by atoms with E-state index in [2.05, 4.69) is 11.7 Å². The lowest BCUT2D eigenvalue weighted by molar-refractivity contribution is -0.158. The summed E-state index contributed by atoms with van der Waals surface area (Å²) in [5.41, 5.74) is 0. The van der Waals surface area contributed by atoms with Crippen LogP contribution in [0.15, 0.2) is 0 Å². The summed E-state index contributed by atoms with van der Waals surface area (Å²) >= 11 is 1.84. The van der Waals surface area contributed by atoms with Gasteiger partial charge in [-0.1, -0.05) is 33.1 Å². The predicted molar refractivity (Wildman–Crippen MR) is 71.4 cm³/mol. The van der Waals surface area contributed by atoms with Gasteiger partial charge in [-0.05, 0) is 13.3 Å². The van der Waals surface area contributed by atoms with Gasteiger partial charge in [-0.2, -0.15) is 8.78 Å². The zero-order valence-corrected chi connectivity index (χ0v) is 13.0. The van der Waals surface area contributed by atoms with Crippen molar-refractivity contribution >= 4 is 27.9 Å². The molecule has 0 aliphatic rings. The van der Waals surface area contributed by atoms with Crippen LogP contribution in [-0.2, 0) is 14.3 Å². The molecule has 0 saturated carbocycles. The molecule has 0 aliphatic carbocycles. The standard InChI is InChI=1S/C8H16O2.C4H5BrF2O2/c1-3-4-5-6-7(2)8(9)10;1-2-9-3(8)4(5,6)7/h7H,3-6H2,1-2H3,(H,9,10);2H2,1H3. The van der Waals surface area contributed by atoms with Crippen LogP contribution >= 0.6 is 15.9 Å². The Balaban J connectivity index is 0. The summed E-state index contributed by atoms with van der Waals surface area (Å²) < 4.78 is 27.5. The van der Waals surface area contributed by atoms with Crippen LogP contribution in [0.25, 0.3) is 0 Å². The zero-order chi connectivity index (χ0) is 15.5. The zero-order valence-electron chi connectivity index (χ0n) is 11.4. The molecule has 0 aromatic heterocycles. The first-order chi connectivity index (χ1) is 8.66. The highest BCUT2D eigenvalue weighted by Crippen LogP contribution is 2.22. The Labute approximate surface area is 120 Å². The summed E-state index contributed by atoms with van der Waals surface area (Å²) in [7, 11) is 0. The van der Waals surface area contributed by atoms with Crippen molar-refractivity contribution in [3.8, 4) is 0 Å². The van der Waals surface area contributed by atoms with Crippen molar-refractivity contribution in [1.82, 2.24) is 0 Å². The second kappa shape index (κ2) is 11.1. The van der Waals surface area contributed by atoms with E-state index in [-0.39, 0.29) is 12.5 Å². The van der Waals surface area contributed by atoms with E-state index in [0.29, 0.717) is 0 Å². The fourth-order valence-electron chi connectivity index (χ4n) is 1.04. The second-order valence-corrected chi connectivity index (χ2v) is 4.95. The normalized spacial score (nSPS) is 12.1. The molecule has 0 aromatic carbocycles. The Morgan fingerprint density at radius 3 is 2.11 bits per heavy atom. The van der Waals surface area contributed by atoms with Gasteiger partial charge in [0.15, 0.2) is 0 Å². The highest BCUT2D eigenvalue weighted by Gasteiger charge is 2.36. The number of esters is 1. The number of carboxylic acids is 1. The van der Waals surface area contributed by atoms with Crippen LogP contribution in [0.1, 0.15) is 46.5 Å². The van der Waals surface area contributed by atoms with E-state index in [1.807, 2.05) is 15.9 Å². The lowest BCUT2D eigenvalue weighted by Crippen LogP contribution is -2.23. The van der Waals surface area contributed by atoms with E-state index in [0.717, 1.165) is 25.7 Å². The number of carbonyl (C=O) groups excluding carboxylic acids is 1. The Morgan fingerprint density at radius 2 is 1.84 bits per heavy atom. The Bertz CT molecular complexity index is 267. The van der Waals surface area contributed by atoms with Gasteiger partial charge in [0.2, 0.25) is 0 Å². The van der Waals surface area contributed by atoms with Crippen LogP contribution < -0.4 is 0 Å². The number of halogens is 3. The molecule has 0 spiro atoms. The van der Waals surface area contributed by atoms with Crippen LogP contribution in [0.4, 0.5) is 8.78 Å². The number of carbonyl (C=O) groups is 2. The van der Waals surface area contributed by atoms with Gasteiger partial charge in [-0.3, -0.25) is 4.79 Å². The van der Waals surface area contributed by atoms with E-state index in [1.165, 1.54) is 6.92 Å². The van der Waals surface area contributed by atoms with Crippen molar-refractivity contribution in [2.24, 2.45) is 5.92 Å². The summed E-state index contributed by atoms with van der Waals surface area (Å²) in [6, 6.07) is 0. The number of aliphatic carboxylic acids is 1. The maximum absolute atomic E-state index is 11.7. The van der Waals surface area contributed by atoms with Crippen LogP contribution in [0, 0.1) is 5.92 Å². The van der Waals surface area contributed by atoms with Gasteiger partial charge in [-0.15, -0.1) is 0 Å². The molecule has 7 heteroatoms. The molecular formula is C12H21BrF2O4. The van der Waals surface area contributed by atoms with Crippen molar-refractivity contribution in [2.45, 2.75) is 51.3 Å². The number of hydrogen-bond acceptors (Lipinski definition) is 3. The molecule has 1 N–H and O–H groups in total. The first kappa shape index (κ1) is 20.6. The second-order valence-electron chi connectivity index (χ2n) is 3.95. The lowest BCUT2D eigenvalue weighted by atomic mass is 10.0. The average Bonchev–Trinajstić information content (AvgIpc) is 2.29. The van der Waals surface area contributed by atoms with Crippen molar-refractivity contribution in [2.75, 3.05) is 6.61 Å². The molecule has 0 radical (unpaired) electrons. The molecule has 4 nitrogen and oxygen atoms in total. The minimum absolute atomic E-state index is 0.0416. The van der Waals surface area contributed by atoms with E-state index in [1.54, 1.807) is 6.92 Å². The molecule has 1 unspecified atom stereocenters. The first-order valence-corrected chi connectivity index (χ1v) is 6.92. The van der Waals surface area contributed by atoms with E-state index < -0.39 is 16.8 Å². The third-order valence-corrected chi connectivity index (χ3v) is 2.49. The summed E-state index contributed by atoms with van der Waals surface area (Å²) in [6.07, 6.45) is 4.18. The van der Waals surface area contributed by atoms with Crippen LogP contribution in [0.2, 0.25) is 0 Å². The van der Waals surface area contributed by atoms with Gasteiger partial charge in [0.25, 0.3) is 0 Å². The molecule has 1 atom stereocenters. The van der Waals surface area contributed by atoms with Crippen molar-refractivity contribution < 1.29 is 28.2 Å². The smallest absolute Gasteiger partial charge is 0.395 e. The average molecular weight is 347 g/mol. The minimum Gasteiger partial charge on any atom is -0.481 e. The van der Waals surface area contributed by atoms with Gasteiger partial charge in [0.05, 0.1) is 12.5 Å². The molecule has 0 amide bonds. The summed E-state index contributed by atoms with van der Waals surface area (Å²) in [4.78, 5) is 16.8. The summed E-state index contributed by atoms with van der Waals surface area (Å²) in [5.74, 6) is -2.38. The van der Waals surface area contributed by atoms with Crippen LogP contribution in [0.5, 0.6) is 0 Å². The number of carboxylic acid groups (broad SMARTS) is 1. The number of alkyl halides is 3. The van der Waals surface area contributed by atoms with Gasteiger partial charge >= 0.3 is 16.8 Å². The molecule has 0 saturated heterocycles. The minimum atomic E-state index is -3.54. The predicted octanol–water partition coefficient (Wildman–Crippen LogP) is 3.82. The molecule has 19 heavy (non-hydrogen) atoms. The maximum Gasteiger partial charge on any atom is 0.395 e. The Hall–Kier alpha value is -0.720. The number of unbranched alkanes of at least 4 members (excludes halogenated alkanes) is 2.